The molecule has 1 aliphatic rings. The van der Waals surface area contributed by atoms with Crippen molar-refractivity contribution in [3.63, 3.8) is 0 Å². The second kappa shape index (κ2) is 4.62. The molecule has 1 amide bonds. The number of nitro benzene ring substituents is 1. The molecule has 1 heterocycles. The first kappa shape index (κ1) is 12.3. The summed E-state index contributed by atoms with van der Waals surface area (Å²) in [6, 6.07) is 4.20. The zero-order valence-corrected chi connectivity index (χ0v) is 10.9. The highest BCUT2D eigenvalue weighted by Gasteiger charge is 2.32. The summed E-state index contributed by atoms with van der Waals surface area (Å²) in [5, 5.41) is 11.3. The van der Waals surface area contributed by atoms with E-state index < -0.39 is 4.92 Å². The third kappa shape index (κ3) is 2.42. The summed E-state index contributed by atoms with van der Waals surface area (Å²) in [7, 11) is 0. The lowest BCUT2D eigenvalue weighted by Gasteiger charge is -2.16. The number of carbonyl (C=O) groups is 1. The molecule has 1 atom stereocenters. The molecule has 1 aromatic rings. The Morgan fingerprint density at radius 3 is 2.76 bits per heavy atom. The van der Waals surface area contributed by atoms with Crippen LogP contribution in [0, 0.1) is 10.1 Å². The molecular weight excluding hydrogens is 311 g/mol. The Balaban J connectivity index is 2.46. The molecule has 0 aliphatic carbocycles. The molecule has 0 radical (unpaired) electrons. The SMILES string of the molecule is O=C1CC(Br)CN1c1cc(Cl)ccc1[N+](=O)[O-]. The average molecular weight is 320 g/mol. The lowest BCUT2D eigenvalue weighted by atomic mass is 10.2. The molecule has 0 spiro atoms. The van der Waals surface area contributed by atoms with Crippen molar-refractivity contribution in [3.8, 4) is 0 Å². The molecule has 1 saturated heterocycles. The van der Waals surface area contributed by atoms with Crippen molar-refractivity contribution in [1.29, 1.82) is 0 Å². The Hall–Kier alpha value is -1.14. The Labute approximate surface area is 111 Å². The van der Waals surface area contributed by atoms with E-state index in [0.29, 0.717) is 18.0 Å². The van der Waals surface area contributed by atoms with Crippen LogP contribution >= 0.6 is 27.5 Å². The molecule has 90 valence electrons. The van der Waals surface area contributed by atoms with E-state index in [-0.39, 0.29) is 22.1 Å². The Bertz CT molecular complexity index is 494. The lowest BCUT2D eigenvalue weighted by molar-refractivity contribution is -0.384. The van der Waals surface area contributed by atoms with Crippen molar-refractivity contribution in [3.05, 3.63) is 33.3 Å². The monoisotopic (exact) mass is 318 g/mol. The summed E-state index contributed by atoms with van der Waals surface area (Å²) >= 11 is 9.14. The van der Waals surface area contributed by atoms with Gasteiger partial charge >= 0.3 is 0 Å². The fraction of sp³-hybridized carbons (Fsp3) is 0.300. The van der Waals surface area contributed by atoms with E-state index in [1.807, 2.05) is 0 Å². The van der Waals surface area contributed by atoms with Crippen molar-refractivity contribution >= 4 is 44.8 Å². The van der Waals surface area contributed by atoms with Gasteiger partial charge in [-0.15, -0.1) is 0 Å². The maximum absolute atomic E-state index is 11.7. The molecule has 5 nitrogen and oxygen atoms in total. The van der Waals surface area contributed by atoms with Gasteiger partial charge in [-0.25, -0.2) is 0 Å². The summed E-state index contributed by atoms with van der Waals surface area (Å²) in [6.45, 7) is 0.417. The van der Waals surface area contributed by atoms with Crippen LogP contribution in [0.25, 0.3) is 0 Å². The fourth-order valence-corrected chi connectivity index (χ4v) is 2.50. The largest absolute Gasteiger partial charge is 0.305 e. The number of carbonyl (C=O) groups excluding carboxylic acids is 1. The van der Waals surface area contributed by atoms with Crippen molar-refractivity contribution in [2.45, 2.75) is 11.2 Å². The molecule has 7 heteroatoms. The van der Waals surface area contributed by atoms with E-state index in [1.54, 1.807) is 0 Å². The molecule has 0 saturated carbocycles. The smallest absolute Gasteiger partial charge is 0.293 e. The molecule has 17 heavy (non-hydrogen) atoms. The highest BCUT2D eigenvalue weighted by Crippen LogP contribution is 2.34. The summed E-state index contributed by atoms with van der Waals surface area (Å²) in [4.78, 5) is 23.5. The normalized spacial score (nSPS) is 19.8. The van der Waals surface area contributed by atoms with Crippen molar-refractivity contribution < 1.29 is 9.72 Å². The van der Waals surface area contributed by atoms with Gasteiger partial charge in [0, 0.05) is 28.9 Å². The highest BCUT2D eigenvalue weighted by atomic mass is 79.9. The molecule has 1 unspecified atom stereocenters. The third-order valence-electron chi connectivity index (χ3n) is 2.50. The molecular formula is C10H8BrClN2O3. The van der Waals surface area contributed by atoms with E-state index >= 15 is 0 Å². The molecule has 0 bridgehead atoms. The van der Waals surface area contributed by atoms with Gasteiger partial charge in [-0.05, 0) is 12.1 Å². The van der Waals surface area contributed by atoms with Crippen LogP contribution in [0.5, 0.6) is 0 Å². The van der Waals surface area contributed by atoms with Gasteiger partial charge in [0.2, 0.25) is 5.91 Å². The topological polar surface area (TPSA) is 63.5 Å². The molecule has 1 aromatic carbocycles. The van der Waals surface area contributed by atoms with Gasteiger partial charge in [-0.2, -0.15) is 0 Å². The minimum Gasteiger partial charge on any atom is -0.305 e. The van der Waals surface area contributed by atoms with Crippen LogP contribution in [0.4, 0.5) is 11.4 Å². The van der Waals surface area contributed by atoms with Crippen molar-refractivity contribution in [2.24, 2.45) is 0 Å². The third-order valence-corrected chi connectivity index (χ3v) is 3.35. The van der Waals surface area contributed by atoms with Gasteiger partial charge in [-0.3, -0.25) is 14.9 Å². The van der Waals surface area contributed by atoms with Gasteiger partial charge < -0.3 is 4.90 Å². The van der Waals surface area contributed by atoms with Crippen LogP contribution in [0.2, 0.25) is 5.02 Å². The predicted molar refractivity (Wildman–Crippen MR) is 67.8 cm³/mol. The molecule has 0 aromatic heterocycles. The van der Waals surface area contributed by atoms with Crippen molar-refractivity contribution in [1.82, 2.24) is 0 Å². The summed E-state index contributed by atoms with van der Waals surface area (Å²) < 4.78 is 0. The number of halogens is 2. The number of hydrogen-bond acceptors (Lipinski definition) is 3. The minimum atomic E-state index is -0.513. The van der Waals surface area contributed by atoms with Crippen LogP contribution in [-0.4, -0.2) is 22.2 Å². The number of nitro groups is 1. The maximum atomic E-state index is 11.7. The van der Waals surface area contributed by atoms with Gasteiger partial charge in [0.1, 0.15) is 5.69 Å². The number of anilines is 1. The minimum absolute atomic E-state index is 0.0218. The highest BCUT2D eigenvalue weighted by molar-refractivity contribution is 9.09. The van der Waals surface area contributed by atoms with Crippen LogP contribution in [0.15, 0.2) is 18.2 Å². The van der Waals surface area contributed by atoms with Gasteiger partial charge in [-0.1, -0.05) is 27.5 Å². The van der Waals surface area contributed by atoms with E-state index in [2.05, 4.69) is 15.9 Å². The standard InChI is InChI=1S/C10H8BrClN2O3/c11-6-3-10(15)13(5-6)9-4-7(12)1-2-8(9)14(16)17/h1-2,4,6H,3,5H2. The first-order valence-electron chi connectivity index (χ1n) is 4.87. The van der Waals surface area contributed by atoms with Crippen molar-refractivity contribution in [2.75, 3.05) is 11.4 Å². The lowest BCUT2D eigenvalue weighted by Crippen LogP contribution is -2.25. The number of nitrogens with zero attached hydrogens (tertiary/aromatic N) is 2. The van der Waals surface area contributed by atoms with Crippen LogP contribution in [0.1, 0.15) is 6.42 Å². The van der Waals surface area contributed by atoms with Crippen LogP contribution < -0.4 is 4.90 Å². The quantitative estimate of drug-likeness (QED) is 0.478. The van der Waals surface area contributed by atoms with E-state index in [1.165, 1.54) is 23.1 Å². The van der Waals surface area contributed by atoms with Crippen LogP contribution in [-0.2, 0) is 4.79 Å². The molecule has 2 rings (SSSR count). The Kier molecular flexibility index (Phi) is 3.35. The first-order valence-corrected chi connectivity index (χ1v) is 6.17. The number of hydrogen-bond donors (Lipinski definition) is 0. The fourth-order valence-electron chi connectivity index (χ4n) is 1.76. The summed E-state index contributed by atoms with van der Waals surface area (Å²) in [5.74, 6) is -0.141. The van der Waals surface area contributed by atoms with E-state index in [4.69, 9.17) is 11.6 Å². The molecule has 1 aliphatic heterocycles. The van der Waals surface area contributed by atoms with Gasteiger partial charge in [0.05, 0.1) is 4.92 Å². The molecule has 0 N–H and O–H groups in total. The zero-order chi connectivity index (χ0) is 12.6. The summed E-state index contributed by atoms with van der Waals surface area (Å²) in [5.41, 5.74) is 0.152. The van der Waals surface area contributed by atoms with Gasteiger partial charge in [0.25, 0.3) is 5.69 Å². The van der Waals surface area contributed by atoms with Gasteiger partial charge in [0.15, 0.2) is 0 Å². The number of amides is 1. The zero-order valence-electron chi connectivity index (χ0n) is 8.60. The second-order valence-corrected chi connectivity index (χ2v) is 5.43. The van der Waals surface area contributed by atoms with E-state index in [0.717, 1.165) is 0 Å². The predicted octanol–water partition coefficient (Wildman–Crippen LogP) is 2.75. The number of benzene rings is 1. The Morgan fingerprint density at radius 1 is 1.53 bits per heavy atom. The van der Waals surface area contributed by atoms with Crippen LogP contribution in [0.3, 0.4) is 0 Å². The molecule has 1 fully saturated rings. The number of rotatable bonds is 2. The number of alkyl halides is 1. The second-order valence-electron chi connectivity index (χ2n) is 3.70. The maximum Gasteiger partial charge on any atom is 0.293 e. The Morgan fingerprint density at radius 2 is 2.24 bits per heavy atom. The first-order chi connectivity index (χ1) is 7.99. The summed E-state index contributed by atoms with van der Waals surface area (Å²) in [6.07, 6.45) is 0.337. The van der Waals surface area contributed by atoms with E-state index in [9.17, 15) is 14.9 Å². The average Bonchev–Trinajstić information content (AvgIpc) is 2.57.